The second kappa shape index (κ2) is 18.6. The van der Waals surface area contributed by atoms with Crippen LogP contribution in [-0.2, 0) is 44.0 Å². The summed E-state index contributed by atoms with van der Waals surface area (Å²) in [6, 6.07) is 6.34. The fraction of sp³-hybridized carbons (Fsp3) is 0.484. The predicted octanol–water partition coefficient (Wildman–Crippen LogP) is 2.16. The molecule has 2 amide bonds. The lowest BCUT2D eigenvalue weighted by Gasteiger charge is -2.26. The number of hydrogen-bond donors (Lipinski definition) is 6. The number of benzene rings is 1. The van der Waals surface area contributed by atoms with E-state index >= 15 is 0 Å². The summed E-state index contributed by atoms with van der Waals surface area (Å²) in [6.07, 6.45) is 6.60. The number of aliphatic carboxylic acids is 3. The van der Waals surface area contributed by atoms with Crippen molar-refractivity contribution in [3.8, 4) is 0 Å². The Bertz CT molecular complexity index is 1330. The maximum atomic E-state index is 13.5. The molecule has 6 N–H and O–H groups in total. The SMILES string of the molecule is CSCC[C@H](NC(=O)[C@H](Cc1ccccc1)NC(=O)[C@@H](NCc1cnc(/C=C/C[C@@H](CC(=O)O)C(=O)O)n1C)C(C)C)C(=O)O. The fourth-order valence-corrected chi connectivity index (χ4v) is 5.00. The molecular formula is C31H43N5O8S. The van der Waals surface area contributed by atoms with Crippen molar-refractivity contribution in [1.29, 1.82) is 0 Å². The summed E-state index contributed by atoms with van der Waals surface area (Å²) in [4.78, 5) is 65.2. The van der Waals surface area contributed by atoms with Gasteiger partial charge >= 0.3 is 17.9 Å². The lowest BCUT2D eigenvalue weighted by Crippen LogP contribution is -2.56. The first-order chi connectivity index (χ1) is 21.3. The predicted molar refractivity (Wildman–Crippen MR) is 170 cm³/mol. The summed E-state index contributed by atoms with van der Waals surface area (Å²) in [5.41, 5.74) is 1.53. The molecule has 0 aliphatic heterocycles. The molecule has 1 aromatic heterocycles. The second-order valence-electron chi connectivity index (χ2n) is 11.0. The van der Waals surface area contributed by atoms with Crippen LogP contribution in [0.5, 0.6) is 0 Å². The molecule has 13 nitrogen and oxygen atoms in total. The minimum atomic E-state index is -1.19. The lowest BCUT2D eigenvalue weighted by atomic mass is 10.0. The van der Waals surface area contributed by atoms with Crippen LogP contribution in [0, 0.1) is 11.8 Å². The average Bonchev–Trinajstić information content (AvgIpc) is 3.32. The zero-order valence-electron chi connectivity index (χ0n) is 25.9. The molecule has 14 heteroatoms. The third kappa shape index (κ3) is 12.4. The molecule has 2 rings (SSSR count). The van der Waals surface area contributed by atoms with Gasteiger partial charge in [0.2, 0.25) is 11.8 Å². The zero-order chi connectivity index (χ0) is 33.5. The molecule has 2 aromatic rings. The molecule has 0 saturated carbocycles. The van der Waals surface area contributed by atoms with Crippen LogP contribution >= 0.6 is 11.8 Å². The Morgan fingerprint density at radius 1 is 0.978 bits per heavy atom. The number of nitrogens with one attached hydrogen (secondary N) is 3. The number of carbonyl (C=O) groups is 5. The smallest absolute Gasteiger partial charge is 0.326 e. The van der Waals surface area contributed by atoms with E-state index < -0.39 is 60.2 Å². The Labute approximate surface area is 266 Å². The Kier molecular flexibility index (Phi) is 15.3. The minimum Gasteiger partial charge on any atom is -0.481 e. The van der Waals surface area contributed by atoms with Crippen LogP contribution in [0.1, 0.15) is 50.2 Å². The molecule has 0 spiro atoms. The largest absolute Gasteiger partial charge is 0.481 e. The van der Waals surface area contributed by atoms with Gasteiger partial charge in [0, 0.05) is 20.0 Å². The number of carboxylic acid groups (broad SMARTS) is 3. The number of rotatable bonds is 20. The number of carboxylic acids is 3. The van der Waals surface area contributed by atoms with Crippen molar-refractivity contribution < 1.29 is 39.3 Å². The van der Waals surface area contributed by atoms with Gasteiger partial charge < -0.3 is 30.5 Å². The summed E-state index contributed by atoms with van der Waals surface area (Å²) < 4.78 is 1.76. The Balaban J connectivity index is 2.14. The van der Waals surface area contributed by atoms with Gasteiger partial charge in [0.05, 0.1) is 30.3 Å². The van der Waals surface area contributed by atoms with Crippen LogP contribution in [0.25, 0.3) is 6.08 Å². The molecule has 0 unspecified atom stereocenters. The van der Waals surface area contributed by atoms with Gasteiger partial charge in [-0.05, 0) is 42.4 Å². The molecule has 1 heterocycles. The van der Waals surface area contributed by atoms with E-state index in [0.29, 0.717) is 11.6 Å². The van der Waals surface area contributed by atoms with E-state index in [4.69, 9.17) is 5.11 Å². The molecule has 45 heavy (non-hydrogen) atoms. The molecule has 0 radical (unpaired) electrons. The van der Waals surface area contributed by atoms with Crippen molar-refractivity contribution in [3.63, 3.8) is 0 Å². The summed E-state index contributed by atoms with van der Waals surface area (Å²) >= 11 is 1.47. The molecule has 0 aliphatic rings. The molecule has 0 aliphatic carbocycles. The van der Waals surface area contributed by atoms with Gasteiger partial charge in [0.25, 0.3) is 0 Å². The van der Waals surface area contributed by atoms with Crippen molar-refractivity contribution in [1.82, 2.24) is 25.5 Å². The van der Waals surface area contributed by atoms with Gasteiger partial charge in [-0.25, -0.2) is 9.78 Å². The van der Waals surface area contributed by atoms with E-state index in [1.807, 2.05) is 50.4 Å². The fourth-order valence-electron chi connectivity index (χ4n) is 4.53. The highest BCUT2D eigenvalue weighted by Gasteiger charge is 2.30. The van der Waals surface area contributed by atoms with Crippen LogP contribution in [-0.4, -0.2) is 84.7 Å². The maximum absolute atomic E-state index is 13.5. The van der Waals surface area contributed by atoms with Crippen LogP contribution in [0.4, 0.5) is 0 Å². The van der Waals surface area contributed by atoms with E-state index in [2.05, 4.69) is 20.9 Å². The third-order valence-electron chi connectivity index (χ3n) is 7.17. The highest BCUT2D eigenvalue weighted by molar-refractivity contribution is 7.98. The first kappa shape index (κ1) is 37.0. The number of carbonyl (C=O) groups excluding carboxylic acids is 2. The maximum Gasteiger partial charge on any atom is 0.326 e. The number of thioether (sulfide) groups is 1. The standard InChI is InChI=1S/C31H43N5O8S/c1-19(2)27(33-18-22-17-32-25(36(22)3)12-8-11-21(30(41)42)16-26(37)38)29(40)35-24(15-20-9-6-5-7-10-20)28(39)34-23(31(43)44)13-14-45-4/h5-10,12,17,19,21,23-24,27,33H,11,13-16,18H2,1-4H3,(H,34,39)(H,35,40)(H,37,38)(H,41,42)(H,43,44)/b12-8+/t21-,23-,24-,27-/m0/s1. The molecular weight excluding hydrogens is 602 g/mol. The number of imidazole rings is 1. The highest BCUT2D eigenvalue weighted by Crippen LogP contribution is 2.14. The van der Waals surface area contributed by atoms with Gasteiger partial charge in [-0.1, -0.05) is 50.3 Å². The van der Waals surface area contributed by atoms with Gasteiger partial charge in [-0.3, -0.25) is 24.5 Å². The number of allylic oxidation sites excluding steroid dienone is 1. The summed E-state index contributed by atoms with van der Waals surface area (Å²) in [6.45, 7) is 3.97. The van der Waals surface area contributed by atoms with Crippen molar-refractivity contribution in [2.75, 3.05) is 12.0 Å². The minimum absolute atomic E-state index is 0.0280. The first-order valence-electron chi connectivity index (χ1n) is 14.6. The van der Waals surface area contributed by atoms with Gasteiger partial charge in [-0.2, -0.15) is 11.8 Å². The van der Waals surface area contributed by atoms with Crippen molar-refractivity contribution in [3.05, 3.63) is 59.7 Å². The lowest BCUT2D eigenvalue weighted by molar-refractivity contribution is -0.148. The third-order valence-corrected chi connectivity index (χ3v) is 7.82. The molecule has 0 saturated heterocycles. The van der Waals surface area contributed by atoms with Crippen LogP contribution in [0.15, 0.2) is 42.6 Å². The van der Waals surface area contributed by atoms with Gasteiger partial charge in [-0.15, -0.1) is 0 Å². The van der Waals surface area contributed by atoms with Crippen molar-refractivity contribution in [2.24, 2.45) is 18.9 Å². The van der Waals surface area contributed by atoms with Crippen molar-refractivity contribution in [2.45, 2.75) is 64.2 Å². The molecule has 246 valence electrons. The second-order valence-corrected chi connectivity index (χ2v) is 12.0. The van der Waals surface area contributed by atoms with Gasteiger partial charge in [0.15, 0.2) is 0 Å². The molecule has 4 atom stereocenters. The quantitative estimate of drug-likeness (QED) is 0.123. The topological polar surface area (TPSA) is 200 Å². The Morgan fingerprint density at radius 3 is 2.22 bits per heavy atom. The monoisotopic (exact) mass is 645 g/mol. The van der Waals surface area contributed by atoms with E-state index in [1.54, 1.807) is 30.0 Å². The van der Waals surface area contributed by atoms with E-state index in [-0.39, 0.29) is 31.7 Å². The Hall–Kier alpha value is -4.17. The average molecular weight is 646 g/mol. The van der Waals surface area contributed by atoms with E-state index in [9.17, 15) is 34.2 Å². The van der Waals surface area contributed by atoms with Gasteiger partial charge in [0.1, 0.15) is 17.9 Å². The normalized spacial score (nSPS) is 14.1. The summed E-state index contributed by atoms with van der Waals surface area (Å²) in [5.74, 6) is -4.68. The number of nitrogens with zero attached hydrogens (tertiary/aromatic N) is 2. The zero-order valence-corrected chi connectivity index (χ0v) is 26.8. The molecule has 0 bridgehead atoms. The summed E-state index contributed by atoms with van der Waals surface area (Å²) in [7, 11) is 1.76. The van der Waals surface area contributed by atoms with Crippen molar-refractivity contribution >= 4 is 47.6 Å². The Morgan fingerprint density at radius 2 is 1.64 bits per heavy atom. The highest BCUT2D eigenvalue weighted by atomic mass is 32.2. The van der Waals surface area contributed by atoms with Crippen LogP contribution in [0.3, 0.4) is 0 Å². The summed E-state index contributed by atoms with van der Waals surface area (Å²) in [5, 5.41) is 36.4. The van der Waals surface area contributed by atoms with Crippen LogP contribution in [0.2, 0.25) is 0 Å². The van der Waals surface area contributed by atoms with E-state index in [1.165, 1.54) is 11.8 Å². The number of aromatic nitrogens is 2. The number of amides is 2. The van der Waals surface area contributed by atoms with Crippen LogP contribution < -0.4 is 16.0 Å². The number of hydrogen-bond acceptors (Lipinski definition) is 8. The first-order valence-corrected chi connectivity index (χ1v) is 15.9. The van der Waals surface area contributed by atoms with E-state index in [0.717, 1.165) is 11.3 Å². The molecule has 0 fully saturated rings. The molecule has 1 aromatic carbocycles.